The Labute approximate surface area is 171 Å². The zero-order chi connectivity index (χ0) is 20.2. The summed E-state index contributed by atoms with van der Waals surface area (Å²) in [5.74, 6) is 1.82. The topological polar surface area (TPSA) is 62.5 Å². The van der Waals surface area contributed by atoms with Crippen LogP contribution in [0.25, 0.3) is 11.5 Å². The number of rotatable bonds is 5. The highest BCUT2D eigenvalue weighted by Gasteiger charge is 2.29. The minimum Gasteiger partial charge on any atom is -0.463 e. The predicted octanol–water partition coefficient (Wildman–Crippen LogP) is 4.31. The third-order valence-corrected chi connectivity index (χ3v) is 5.58. The van der Waals surface area contributed by atoms with Crippen molar-refractivity contribution in [3.05, 3.63) is 60.4 Å². The second kappa shape index (κ2) is 8.47. The van der Waals surface area contributed by atoms with Crippen LogP contribution >= 0.6 is 0 Å². The van der Waals surface area contributed by atoms with Crippen molar-refractivity contribution in [3.63, 3.8) is 0 Å². The van der Waals surface area contributed by atoms with Crippen molar-refractivity contribution in [2.24, 2.45) is 5.92 Å². The van der Waals surface area contributed by atoms with Gasteiger partial charge < -0.3 is 14.2 Å². The number of anilines is 2. The molecule has 29 heavy (non-hydrogen) atoms. The van der Waals surface area contributed by atoms with Gasteiger partial charge in [0.2, 0.25) is 5.91 Å². The first-order valence-electron chi connectivity index (χ1n) is 10.2. The van der Waals surface area contributed by atoms with Crippen LogP contribution in [-0.2, 0) is 4.79 Å². The monoisotopic (exact) mass is 390 g/mol. The van der Waals surface area contributed by atoms with Crippen LogP contribution < -0.4 is 9.80 Å². The van der Waals surface area contributed by atoms with E-state index >= 15 is 0 Å². The number of aryl methyl sites for hydroxylation is 1. The summed E-state index contributed by atoms with van der Waals surface area (Å²) in [6.45, 7) is 6.38. The number of hydrogen-bond acceptors (Lipinski definition) is 5. The predicted molar refractivity (Wildman–Crippen MR) is 114 cm³/mol. The van der Waals surface area contributed by atoms with E-state index < -0.39 is 0 Å². The Hall–Kier alpha value is -3.15. The molecule has 1 fully saturated rings. The lowest BCUT2D eigenvalue weighted by atomic mass is 9.94. The van der Waals surface area contributed by atoms with Crippen LogP contribution in [-0.4, -0.2) is 35.7 Å². The zero-order valence-corrected chi connectivity index (χ0v) is 16.9. The van der Waals surface area contributed by atoms with Crippen LogP contribution in [0.4, 0.5) is 11.5 Å². The van der Waals surface area contributed by atoms with E-state index in [1.165, 1.54) is 0 Å². The van der Waals surface area contributed by atoms with Crippen molar-refractivity contribution in [1.82, 2.24) is 10.2 Å². The van der Waals surface area contributed by atoms with Crippen LogP contribution in [0.1, 0.15) is 25.3 Å². The fraction of sp³-hybridized carbons (Fsp3) is 0.348. The summed E-state index contributed by atoms with van der Waals surface area (Å²) >= 11 is 0. The molecule has 0 atom stereocenters. The van der Waals surface area contributed by atoms with Gasteiger partial charge in [0.05, 0.1) is 6.26 Å². The van der Waals surface area contributed by atoms with E-state index in [4.69, 9.17) is 4.42 Å². The molecule has 0 unspecified atom stereocenters. The molecular weight excluding hydrogens is 364 g/mol. The van der Waals surface area contributed by atoms with Gasteiger partial charge in [-0.25, -0.2) is 0 Å². The molecule has 0 aliphatic carbocycles. The molecule has 3 heterocycles. The average molecular weight is 390 g/mol. The highest BCUT2D eigenvalue weighted by atomic mass is 16.3. The van der Waals surface area contributed by atoms with Crippen LogP contribution in [0.3, 0.4) is 0 Å². The number of nitrogens with zero attached hydrogens (tertiary/aromatic N) is 4. The van der Waals surface area contributed by atoms with E-state index in [1.54, 1.807) is 6.26 Å². The Morgan fingerprint density at radius 2 is 1.90 bits per heavy atom. The first-order chi connectivity index (χ1) is 14.2. The summed E-state index contributed by atoms with van der Waals surface area (Å²) < 4.78 is 5.36. The second-order valence-corrected chi connectivity index (χ2v) is 7.38. The number of hydrogen-bond donors (Lipinski definition) is 0. The van der Waals surface area contributed by atoms with Gasteiger partial charge in [0, 0.05) is 31.2 Å². The number of carbonyl (C=O) groups excluding carboxylic acids is 1. The number of para-hydroxylation sites is 1. The molecule has 3 aromatic rings. The van der Waals surface area contributed by atoms with E-state index in [0.29, 0.717) is 12.3 Å². The lowest BCUT2D eigenvalue weighted by molar-refractivity contribution is -0.122. The Kier molecular flexibility index (Phi) is 5.60. The minimum absolute atomic E-state index is 0.0427. The van der Waals surface area contributed by atoms with Crippen molar-refractivity contribution in [1.29, 1.82) is 0 Å². The molecule has 2 aromatic heterocycles. The minimum atomic E-state index is 0.0427. The van der Waals surface area contributed by atoms with Gasteiger partial charge in [0.1, 0.15) is 5.69 Å². The highest BCUT2D eigenvalue weighted by Crippen LogP contribution is 2.27. The number of furan rings is 1. The summed E-state index contributed by atoms with van der Waals surface area (Å²) in [7, 11) is 0. The van der Waals surface area contributed by atoms with Crippen LogP contribution in [0.5, 0.6) is 0 Å². The number of aromatic nitrogens is 2. The average Bonchev–Trinajstić information content (AvgIpc) is 3.31. The van der Waals surface area contributed by atoms with E-state index in [2.05, 4.69) is 28.1 Å². The van der Waals surface area contributed by atoms with Crippen molar-refractivity contribution in [2.45, 2.75) is 26.7 Å². The smallest absolute Gasteiger partial charge is 0.230 e. The number of amides is 1. The Morgan fingerprint density at radius 3 is 2.52 bits per heavy atom. The molecule has 1 aliphatic rings. The van der Waals surface area contributed by atoms with Crippen molar-refractivity contribution < 1.29 is 9.21 Å². The summed E-state index contributed by atoms with van der Waals surface area (Å²) in [4.78, 5) is 17.3. The lowest BCUT2D eigenvalue weighted by Crippen LogP contribution is -2.43. The molecule has 1 amide bonds. The summed E-state index contributed by atoms with van der Waals surface area (Å²) in [5, 5.41) is 8.64. The first-order valence-corrected chi connectivity index (χ1v) is 10.2. The molecule has 0 spiro atoms. The third-order valence-electron chi connectivity index (χ3n) is 5.58. The standard InChI is InChI=1S/C23H26N4O2/c1-3-27(20-8-5-4-7-17(20)2)23(28)18-12-14-26(15-13-18)22-11-10-19(24-25-22)21-9-6-16-29-21/h4-11,16,18H,3,12-15H2,1-2H3. The van der Waals surface area contributed by atoms with Crippen LogP contribution in [0.2, 0.25) is 0 Å². The van der Waals surface area contributed by atoms with Gasteiger partial charge in [0.15, 0.2) is 11.6 Å². The largest absolute Gasteiger partial charge is 0.463 e. The lowest BCUT2D eigenvalue weighted by Gasteiger charge is -2.34. The molecule has 0 N–H and O–H groups in total. The van der Waals surface area contributed by atoms with Gasteiger partial charge in [-0.15, -0.1) is 10.2 Å². The van der Waals surface area contributed by atoms with Gasteiger partial charge in [-0.3, -0.25) is 4.79 Å². The van der Waals surface area contributed by atoms with Crippen molar-refractivity contribution in [2.75, 3.05) is 29.4 Å². The second-order valence-electron chi connectivity index (χ2n) is 7.38. The Morgan fingerprint density at radius 1 is 1.10 bits per heavy atom. The number of carbonyl (C=O) groups is 1. The SMILES string of the molecule is CCN(C(=O)C1CCN(c2ccc(-c3ccco3)nn2)CC1)c1ccccc1C. The molecule has 1 saturated heterocycles. The highest BCUT2D eigenvalue weighted by molar-refractivity contribution is 5.95. The maximum absolute atomic E-state index is 13.2. The summed E-state index contributed by atoms with van der Waals surface area (Å²) in [6, 6.07) is 15.7. The molecule has 0 saturated carbocycles. The molecule has 1 aliphatic heterocycles. The van der Waals surface area contributed by atoms with Crippen LogP contribution in [0, 0.1) is 12.8 Å². The number of piperidine rings is 1. The number of benzene rings is 1. The van der Waals surface area contributed by atoms with Gasteiger partial charge in [-0.1, -0.05) is 18.2 Å². The van der Waals surface area contributed by atoms with Gasteiger partial charge in [-0.05, 0) is 62.6 Å². The van der Waals surface area contributed by atoms with Gasteiger partial charge >= 0.3 is 0 Å². The van der Waals surface area contributed by atoms with E-state index in [9.17, 15) is 4.79 Å². The van der Waals surface area contributed by atoms with E-state index in [0.717, 1.165) is 48.7 Å². The molecule has 6 heteroatoms. The molecule has 0 bridgehead atoms. The van der Waals surface area contributed by atoms with Crippen molar-refractivity contribution in [3.8, 4) is 11.5 Å². The van der Waals surface area contributed by atoms with Gasteiger partial charge in [-0.2, -0.15) is 0 Å². The molecule has 0 radical (unpaired) electrons. The fourth-order valence-corrected chi connectivity index (χ4v) is 3.94. The summed E-state index contributed by atoms with van der Waals surface area (Å²) in [5.41, 5.74) is 2.87. The first kappa shape index (κ1) is 19.2. The molecule has 150 valence electrons. The molecule has 4 rings (SSSR count). The third kappa shape index (κ3) is 4.01. The molecule has 1 aromatic carbocycles. The zero-order valence-electron chi connectivity index (χ0n) is 16.9. The maximum Gasteiger partial charge on any atom is 0.230 e. The normalized spacial score (nSPS) is 14.8. The fourth-order valence-electron chi connectivity index (χ4n) is 3.94. The quantitative estimate of drug-likeness (QED) is 0.649. The molecular formula is C23H26N4O2. The van der Waals surface area contributed by atoms with Crippen LogP contribution in [0.15, 0.2) is 59.2 Å². The van der Waals surface area contributed by atoms with Gasteiger partial charge in [0.25, 0.3) is 0 Å². The Bertz CT molecular complexity index is 945. The van der Waals surface area contributed by atoms with E-state index in [1.807, 2.05) is 54.3 Å². The maximum atomic E-state index is 13.2. The van der Waals surface area contributed by atoms with E-state index in [-0.39, 0.29) is 11.8 Å². The van der Waals surface area contributed by atoms with Crippen molar-refractivity contribution >= 4 is 17.4 Å². The summed E-state index contributed by atoms with van der Waals surface area (Å²) in [6.07, 6.45) is 3.27. The molecule has 6 nitrogen and oxygen atoms in total. The Balaban J connectivity index is 1.40.